The first kappa shape index (κ1) is 16.0. The van der Waals surface area contributed by atoms with Gasteiger partial charge in [0.15, 0.2) is 8.68 Å². The quantitative estimate of drug-likeness (QED) is 0.638. The van der Waals surface area contributed by atoms with Crippen LogP contribution in [0.15, 0.2) is 37.7 Å². The molecule has 0 aliphatic carbocycles. The van der Waals surface area contributed by atoms with Crippen molar-refractivity contribution < 1.29 is 4.79 Å². The maximum Gasteiger partial charge on any atom is 0.258 e. The fourth-order valence-corrected chi connectivity index (χ4v) is 4.41. The van der Waals surface area contributed by atoms with E-state index in [0.29, 0.717) is 26.8 Å². The molecular formula is C13H11N5O2S3. The van der Waals surface area contributed by atoms with Crippen molar-refractivity contribution in [2.45, 2.75) is 14.4 Å². The van der Waals surface area contributed by atoms with Crippen LogP contribution >= 0.6 is 34.9 Å². The van der Waals surface area contributed by atoms with Crippen LogP contribution in [-0.2, 0) is 10.5 Å². The number of nitrogens with one attached hydrogen (secondary N) is 1. The van der Waals surface area contributed by atoms with E-state index in [1.165, 1.54) is 34.9 Å². The van der Waals surface area contributed by atoms with Crippen LogP contribution in [0.3, 0.4) is 0 Å². The van der Waals surface area contributed by atoms with Gasteiger partial charge in [-0.3, -0.25) is 9.59 Å². The number of aromatic nitrogens is 4. The molecule has 3 aromatic rings. The number of H-pyrrole nitrogens is 1. The Labute approximate surface area is 143 Å². The lowest BCUT2D eigenvalue weighted by Gasteiger charge is -2.01. The number of benzene rings is 1. The normalized spacial score (nSPS) is 11.0. The van der Waals surface area contributed by atoms with Gasteiger partial charge in [-0.1, -0.05) is 47.0 Å². The minimum Gasteiger partial charge on any atom is -0.369 e. The number of carbonyl (C=O) groups excluding carboxylic acids is 1. The summed E-state index contributed by atoms with van der Waals surface area (Å²) in [5, 5.41) is 8.58. The standard InChI is InChI=1S/C13H11N5O2S3/c14-9(19)5-21-12-17-18-13(23-12)22-6-10-15-8-4-2-1-3-7(8)11(20)16-10/h1-4H,5-6H2,(H2,14,19)(H,15,16,20). The smallest absolute Gasteiger partial charge is 0.258 e. The third-order valence-corrected chi connectivity index (χ3v) is 5.94. The van der Waals surface area contributed by atoms with Crippen molar-refractivity contribution in [2.24, 2.45) is 5.73 Å². The van der Waals surface area contributed by atoms with Crippen LogP contribution in [0.5, 0.6) is 0 Å². The van der Waals surface area contributed by atoms with Crippen LogP contribution in [-0.4, -0.2) is 31.8 Å². The number of hydrogen-bond donors (Lipinski definition) is 2. The predicted molar refractivity (Wildman–Crippen MR) is 91.8 cm³/mol. The highest BCUT2D eigenvalue weighted by Gasteiger charge is 2.09. The van der Waals surface area contributed by atoms with E-state index in [9.17, 15) is 9.59 Å². The van der Waals surface area contributed by atoms with Gasteiger partial charge in [-0.05, 0) is 12.1 Å². The molecule has 0 unspecified atom stereocenters. The summed E-state index contributed by atoms with van der Waals surface area (Å²) in [5.41, 5.74) is 5.61. The molecule has 118 valence electrons. The van der Waals surface area contributed by atoms with Crippen molar-refractivity contribution in [3.05, 3.63) is 40.4 Å². The minimum atomic E-state index is -0.391. The Morgan fingerprint density at radius 2 is 1.96 bits per heavy atom. The molecule has 0 aliphatic heterocycles. The molecule has 3 N–H and O–H groups in total. The number of carbonyl (C=O) groups is 1. The summed E-state index contributed by atoms with van der Waals surface area (Å²) >= 11 is 4.07. The Morgan fingerprint density at radius 1 is 1.22 bits per heavy atom. The molecule has 0 bridgehead atoms. The van der Waals surface area contributed by atoms with Crippen LogP contribution in [0.2, 0.25) is 0 Å². The van der Waals surface area contributed by atoms with E-state index in [0.717, 1.165) is 4.34 Å². The average molecular weight is 365 g/mol. The molecule has 0 spiro atoms. The Bertz CT molecular complexity index is 908. The molecule has 0 atom stereocenters. The molecule has 1 amide bonds. The summed E-state index contributed by atoms with van der Waals surface area (Å²) in [6.07, 6.45) is 0. The van der Waals surface area contributed by atoms with Crippen LogP contribution in [0.4, 0.5) is 0 Å². The van der Waals surface area contributed by atoms with Gasteiger partial charge in [0.25, 0.3) is 5.56 Å². The first-order chi connectivity index (χ1) is 11.1. The van der Waals surface area contributed by atoms with Gasteiger partial charge in [-0.2, -0.15) is 0 Å². The highest BCUT2D eigenvalue weighted by molar-refractivity contribution is 8.03. The number of amides is 1. The number of fused-ring (bicyclic) bond motifs is 1. The van der Waals surface area contributed by atoms with Crippen molar-refractivity contribution >= 4 is 51.7 Å². The molecule has 3 rings (SSSR count). The molecule has 0 fully saturated rings. The number of para-hydroxylation sites is 1. The monoisotopic (exact) mass is 365 g/mol. The highest BCUT2D eigenvalue weighted by Crippen LogP contribution is 2.29. The van der Waals surface area contributed by atoms with Gasteiger partial charge in [0.2, 0.25) is 5.91 Å². The van der Waals surface area contributed by atoms with E-state index in [4.69, 9.17) is 5.73 Å². The second-order valence-corrected chi connectivity index (χ2v) is 7.83. The largest absolute Gasteiger partial charge is 0.369 e. The molecule has 7 nitrogen and oxygen atoms in total. The highest BCUT2D eigenvalue weighted by atomic mass is 32.2. The van der Waals surface area contributed by atoms with Crippen molar-refractivity contribution in [1.82, 2.24) is 20.2 Å². The molecule has 0 saturated carbocycles. The van der Waals surface area contributed by atoms with E-state index < -0.39 is 5.91 Å². The van der Waals surface area contributed by atoms with E-state index in [1.54, 1.807) is 12.1 Å². The average Bonchev–Trinajstić information content (AvgIpc) is 2.99. The Balaban J connectivity index is 1.69. The lowest BCUT2D eigenvalue weighted by molar-refractivity contribution is -0.115. The second-order valence-electron chi connectivity index (χ2n) is 4.41. The Kier molecular flexibility index (Phi) is 4.94. The minimum absolute atomic E-state index is 0.152. The number of rotatable bonds is 6. The summed E-state index contributed by atoms with van der Waals surface area (Å²) in [4.78, 5) is 29.9. The van der Waals surface area contributed by atoms with Crippen molar-refractivity contribution in [1.29, 1.82) is 0 Å². The zero-order valence-electron chi connectivity index (χ0n) is 11.7. The lowest BCUT2D eigenvalue weighted by Crippen LogP contribution is -2.12. The number of aromatic amines is 1. The number of hydrogen-bond acceptors (Lipinski definition) is 8. The maximum absolute atomic E-state index is 12.0. The topological polar surface area (TPSA) is 115 Å². The lowest BCUT2D eigenvalue weighted by atomic mass is 10.2. The van der Waals surface area contributed by atoms with Gasteiger partial charge in [0, 0.05) is 0 Å². The second kappa shape index (κ2) is 7.11. The van der Waals surface area contributed by atoms with Gasteiger partial charge in [-0.15, -0.1) is 10.2 Å². The summed E-state index contributed by atoms with van der Waals surface area (Å²) in [5.74, 6) is 0.853. The molecule has 0 aliphatic rings. The van der Waals surface area contributed by atoms with Gasteiger partial charge < -0.3 is 10.7 Å². The predicted octanol–water partition coefficient (Wildman–Crippen LogP) is 1.64. The Morgan fingerprint density at radius 3 is 2.74 bits per heavy atom. The molecule has 0 radical (unpaired) electrons. The Hall–Kier alpha value is -1.91. The number of primary amides is 1. The molecule has 1 aromatic carbocycles. The summed E-state index contributed by atoms with van der Waals surface area (Å²) in [7, 11) is 0. The third kappa shape index (κ3) is 4.09. The molecule has 2 heterocycles. The van der Waals surface area contributed by atoms with E-state index in [1.807, 2.05) is 12.1 Å². The van der Waals surface area contributed by atoms with Gasteiger partial charge in [0.05, 0.1) is 22.4 Å². The number of nitrogens with two attached hydrogens (primary N) is 1. The van der Waals surface area contributed by atoms with Crippen molar-refractivity contribution in [3.63, 3.8) is 0 Å². The van der Waals surface area contributed by atoms with Crippen molar-refractivity contribution in [3.8, 4) is 0 Å². The molecule has 0 saturated heterocycles. The van der Waals surface area contributed by atoms with Crippen LogP contribution in [0, 0.1) is 0 Å². The summed E-state index contributed by atoms with van der Waals surface area (Å²) in [6.45, 7) is 0. The third-order valence-electron chi connectivity index (χ3n) is 2.72. The molecular weight excluding hydrogens is 354 g/mol. The fraction of sp³-hybridized carbons (Fsp3) is 0.154. The zero-order valence-corrected chi connectivity index (χ0v) is 14.1. The number of thioether (sulfide) groups is 2. The fourth-order valence-electron chi connectivity index (χ4n) is 1.78. The van der Waals surface area contributed by atoms with Crippen LogP contribution in [0.1, 0.15) is 5.82 Å². The van der Waals surface area contributed by atoms with Gasteiger partial charge in [-0.25, -0.2) is 4.98 Å². The molecule has 10 heteroatoms. The van der Waals surface area contributed by atoms with Crippen LogP contribution in [0.25, 0.3) is 10.9 Å². The van der Waals surface area contributed by atoms with E-state index >= 15 is 0 Å². The zero-order chi connectivity index (χ0) is 16.2. The first-order valence-corrected chi connectivity index (χ1v) is 9.26. The van der Waals surface area contributed by atoms with E-state index in [2.05, 4.69) is 20.2 Å². The van der Waals surface area contributed by atoms with Gasteiger partial charge in [0.1, 0.15) is 5.82 Å². The first-order valence-electron chi connectivity index (χ1n) is 6.47. The summed E-state index contributed by atoms with van der Waals surface area (Å²) < 4.78 is 1.43. The summed E-state index contributed by atoms with van der Waals surface area (Å²) in [6, 6.07) is 7.20. The van der Waals surface area contributed by atoms with E-state index in [-0.39, 0.29) is 11.3 Å². The SMILES string of the molecule is NC(=O)CSc1nnc(SCc2nc3ccccc3c(=O)[nH]2)s1. The molecule has 23 heavy (non-hydrogen) atoms. The van der Waals surface area contributed by atoms with Gasteiger partial charge >= 0.3 is 0 Å². The van der Waals surface area contributed by atoms with Crippen LogP contribution < -0.4 is 11.3 Å². The maximum atomic E-state index is 12.0. The van der Waals surface area contributed by atoms with Crippen molar-refractivity contribution in [2.75, 3.05) is 5.75 Å². The molecule has 2 aromatic heterocycles. The number of nitrogens with zero attached hydrogens (tertiary/aromatic N) is 3.